The molecule has 0 amide bonds. The van der Waals surface area contributed by atoms with E-state index in [0.717, 1.165) is 25.3 Å². The number of anilines is 1. The summed E-state index contributed by atoms with van der Waals surface area (Å²) in [5.74, 6) is 1.73. The van der Waals surface area contributed by atoms with Crippen LogP contribution in [0.25, 0.3) is 0 Å². The molecule has 0 aliphatic carbocycles. The molecule has 96 valence electrons. The van der Waals surface area contributed by atoms with Gasteiger partial charge >= 0.3 is 0 Å². The fourth-order valence-corrected chi connectivity index (χ4v) is 2.80. The van der Waals surface area contributed by atoms with Crippen LogP contribution >= 0.6 is 11.6 Å². The zero-order valence-electron chi connectivity index (χ0n) is 11.1. The van der Waals surface area contributed by atoms with Gasteiger partial charge in [-0.1, -0.05) is 0 Å². The summed E-state index contributed by atoms with van der Waals surface area (Å²) in [6.45, 7) is 7.46. The molecule has 0 spiro atoms. The topological polar surface area (TPSA) is 24.3 Å². The fourth-order valence-electron chi connectivity index (χ4n) is 2.48. The van der Waals surface area contributed by atoms with Crippen molar-refractivity contribution in [2.24, 2.45) is 7.05 Å². The summed E-state index contributed by atoms with van der Waals surface area (Å²) in [5, 5.41) is 4.48. The first kappa shape index (κ1) is 12.7. The zero-order valence-corrected chi connectivity index (χ0v) is 11.8. The highest BCUT2D eigenvalue weighted by atomic mass is 35.5. The number of rotatable bonds is 2. The number of hydrogen-bond acceptors (Lipinski definition) is 3. The van der Waals surface area contributed by atoms with Crippen LogP contribution in [0.1, 0.15) is 18.2 Å². The molecule has 5 heteroatoms. The van der Waals surface area contributed by atoms with Crippen molar-refractivity contribution >= 4 is 17.4 Å². The molecule has 1 aromatic rings. The monoisotopic (exact) mass is 256 g/mol. The Labute approximate surface area is 108 Å². The van der Waals surface area contributed by atoms with Crippen molar-refractivity contribution in [1.82, 2.24) is 14.7 Å². The van der Waals surface area contributed by atoms with Crippen LogP contribution in [0.3, 0.4) is 0 Å². The number of aromatic nitrogens is 2. The van der Waals surface area contributed by atoms with Gasteiger partial charge in [0.2, 0.25) is 0 Å². The van der Waals surface area contributed by atoms with Crippen LogP contribution in [0.5, 0.6) is 0 Å². The fraction of sp³-hybridized carbons (Fsp3) is 0.750. The van der Waals surface area contributed by atoms with Crippen LogP contribution in [-0.2, 0) is 12.9 Å². The molecule has 1 unspecified atom stereocenters. The Kier molecular flexibility index (Phi) is 3.64. The van der Waals surface area contributed by atoms with Gasteiger partial charge in [-0.25, -0.2) is 0 Å². The molecule has 4 nitrogen and oxygen atoms in total. The predicted molar refractivity (Wildman–Crippen MR) is 71.8 cm³/mol. The van der Waals surface area contributed by atoms with Crippen LogP contribution in [-0.4, -0.2) is 47.4 Å². The molecular formula is C12H21ClN4. The largest absolute Gasteiger partial charge is 0.354 e. The van der Waals surface area contributed by atoms with E-state index in [1.807, 2.05) is 18.7 Å². The summed E-state index contributed by atoms with van der Waals surface area (Å²) in [5.41, 5.74) is 2.22. The Balaban J connectivity index is 2.28. The van der Waals surface area contributed by atoms with Gasteiger partial charge in [-0.15, -0.1) is 11.6 Å². The van der Waals surface area contributed by atoms with Crippen LogP contribution < -0.4 is 4.90 Å². The van der Waals surface area contributed by atoms with Gasteiger partial charge in [0.25, 0.3) is 0 Å². The Bertz CT molecular complexity index is 401. The summed E-state index contributed by atoms with van der Waals surface area (Å²) in [6, 6.07) is 0.571. The molecule has 1 atom stereocenters. The molecule has 1 aliphatic rings. The normalized spacial score (nSPS) is 22.2. The van der Waals surface area contributed by atoms with Crippen molar-refractivity contribution in [3.63, 3.8) is 0 Å². The third-order valence-corrected chi connectivity index (χ3v) is 3.97. The molecule has 1 aliphatic heterocycles. The Morgan fingerprint density at radius 2 is 2.06 bits per heavy atom. The molecule has 1 aromatic heterocycles. The number of nitrogens with zero attached hydrogens (tertiary/aromatic N) is 4. The maximum Gasteiger partial charge on any atom is 0.131 e. The average Bonchev–Trinajstić information content (AvgIpc) is 2.57. The van der Waals surface area contributed by atoms with E-state index in [1.54, 1.807) is 0 Å². The number of likely N-dealkylation sites (N-methyl/N-ethyl adjacent to an activating group) is 1. The van der Waals surface area contributed by atoms with Crippen molar-refractivity contribution in [2.75, 3.05) is 31.6 Å². The van der Waals surface area contributed by atoms with E-state index in [2.05, 4.69) is 28.9 Å². The van der Waals surface area contributed by atoms with Crippen LogP contribution in [0.2, 0.25) is 0 Å². The van der Waals surface area contributed by atoms with Crippen molar-refractivity contribution in [3.8, 4) is 0 Å². The molecule has 2 rings (SSSR count). The number of alkyl halides is 1. The molecular weight excluding hydrogens is 236 g/mol. The Morgan fingerprint density at radius 3 is 2.65 bits per heavy atom. The second kappa shape index (κ2) is 4.86. The smallest absolute Gasteiger partial charge is 0.131 e. The van der Waals surface area contributed by atoms with Gasteiger partial charge in [0.1, 0.15) is 5.82 Å². The van der Waals surface area contributed by atoms with Gasteiger partial charge in [-0.2, -0.15) is 5.10 Å². The second-order valence-electron chi connectivity index (χ2n) is 4.92. The first-order valence-corrected chi connectivity index (χ1v) is 6.61. The van der Waals surface area contributed by atoms with E-state index in [1.165, 1.54) is 11.4 Å². The third kappa shape index (κ3) is 2.29. The van der Waals surface area contributed by atoms with Crippen LogP contribution in [0.15, 0.2) is 0 Å². The van der Waals surface area contributed by atoms with E-state index in [0.29, 0.717) is 11.9 Å². The molecule has 0 N–H and O–H groups in total. The molecule has 1 saturated heterocycles. The first-order chi connectivity index (χ1) is 8.04. The lowest BCUT2D eigenvalue weighted by Gasteiger charge is -2.39. The average molecular weight is 257 g/mol. The summed E-state index contributed by atoms with van der Waals surface area (Å²) in [7, 11) is 4.18. The van der Waals surface area contributed by atoms with E-state index in [-0.39, 0.29) is 0 Å². The van der Waals surface area contributed by atoms with E-state index in [9.17, 15) is 0 Å². The number of aryl methyl sites for hydroxylation is 2. The maximum absolute atomic E-state index is 6.04. The Morgan fingerprint density at radius 1 is 1.35 bits per heavy atom. The van der Waals surface area contributed by atoms with Gasteiger partial charge in [-0.3, -0.25) is 4.68 Å². The number of halogens is 1. The van der Waals surface area contributed by atoms with Crippen molar-refractivity contribution in [1.29, 1.82) is 0 Å². The lowest BCUT2D eigenvalue weighted by atomic mass is 10.2. The van der Waals surface area contributed by atoms with Crippen molar-refractivity contribution < 1.29 is 0 Å². The van der Waals surface area contributed by atoms with E-state index < -0.39 is 0 Å². The second-order valence-corrected chi connectivity index (χ2v) is 5.19. The summed E-state index contributed by atoms with van der Waals surface area (Å²) in [6.07, 6.45) is 0. The number of piperazine rings is 1. The molecule has 0 saturated carbocycles. The third-order valence-electron chi connectivity index (χ3n) is 3.71. The highest BCUT2D eigenvalue weighted by Gasteiger charge is 2.25. The van der Waals surface area contributed by atoms with Crippen LogP contribution in [0.4, 0.5) is 5.82 Å². The standard InChI is InChI=1S/C12H21ClN4/c1-9-8-17(6-5-15(9)3)12-11(7-13)10(2)14-16(12)4/h9H,5-8H2,1-4H3. The Hall–Kier alpha value is -0.740. The van der Waals surface area contributed by atoms with Crippen LogP contribution in [0, 0.1) is 6.92 Å². The zero-order chi connectivity index (χ0) is 12.6. The quantitative estimate of drug-likeness (QED) is 0.752. The molecule has 0 aromatic carbocycles. The molecule has 17 heavy (non-hydrogen) atoms. The first-order valence-electron chi connectivity index (χ1n) is 6.08. The number of hydrogen-bond donors (Lipinski definition) is 0. The van der Waals surface area contributed by atoms with Crippen molar-refractivity contribution in [3.05, 3.63) is 11.3 Å². The summed E-state index contributed by atoms with van der Waals surface area (Å²) < 4.78 is 1.96. The highest BCUT2D eigenvalue weighted by Crippen LogP contribution is 2.26. The lowest BCUT2D eigenvalue weighted by Crippen LogP contribution is -2.50. The van der Waals surface area contributed by atoms with E-state index in [4.69, 9.17) is 11.6 Å². The van der Waals surface area contributed by atoms with Gasteiger partial charge in [-0.05, 0) is 20.9 Å². The minimum atomic E-state index is 0.537. The minimum absolute atomic E-state index is 0.537. The predicted octanol–water partition coefficient (Wildman–Crippen LogP) is 1.61. The molecule has 0 bridgehead atoms. The SMILES string of the molecule is Cc1nn(C)c(N2CCN(C)C(C)C2)c1CCl. The minimum Gasteiger partial charge on any atom is -0.354 e. The summed E-state index contributed by atoms with van der Waals surface area (Å²) >= 11 is 6.04. The van der Waals surface area contributed by atoms with Gasteiger partial charge < -0.3 is 9.80 Å². The van der Waals surface area contributed by atoms with Gasteiger partial charge in [0, 0.05) is 38.3 Å². The van der Waals surface area contributed by atoms with E-state index >= 15 is 0 Å². The summed E-state index contributed by atoms with van der Waals surface area (Å²) in [4.78, 5) is 4.79. The molecule has 0 radical (unpaired) electrons. The van der Waals surface area contributed by atoms with Crippen molar-refractivity contribution in [2.45, 2.75) is 25.8 Å². The lowest BCUT2D eigenvalue weighted by molar-refractivity contribution is 0.232. The van der Waals surface area contributed by atoms with Gasteiger partial charge in [0.05, 0.1) is 11.6 Å². The molecule has 2 heterocycles. The molecule has 1 fully saturated rings. The van der Waals surface area contributed by atoms with Gasteiger partial charge in [0.15, 0.2) is 0 Å². The highest BCUT2D eigenvalue weighted by molar-refractivity contribution is 6.17. The maximum atomic E-state index is 6.04.